The minimum atomic E-state index is -3.75. The van der Waals surface area contributed by atoms with E-state index in [-0.39, 0.29) is 29.2 Å². The Hall–Kier alpha value is -2.71. The number of fused-ring (bicyclic) bond motifs is 1. The molecule has 2 amide bonds. The molecule has 0 fully saturated rings. The first-order chi connectivity index (χ1) is 13.2. The highest BCUT2D eigenvalue weighted by Gasteiger charge is 2.37. The van der Waals surface area contributed by atoms with Crippen molar-refractivity contribution in [2.45, 2.75) is 37.9 Å². The second-order valence-electron chi connectivity index (χ2n) is 7.19. The molecule has 3 rings (SSSR count). The molecule has 1 aliphatic rings. The number of nitrogens with one attached hydrogen (secondary N) is 1. The summed E-state index contributed by atoms with van der Waals surface area (Å²) in [4.78, 5) is 27.2. The van der Waals surface area contributed by atoms with Gasteiger partial charge in [-0.15, -0.1) is 0 Å². The predicted molar refractivity (Wildman–Crippen MR) is 105 cm³/mol. The van der Waals surface area contributed by atoms with E-state index in [9.17, 15) is 18.0 Å². The van der Waals surface area contributed by atoms with E-state index in [0.29, 0.717) is 12.1 Å². The summed E-state index contributed by atoms with van der Waals surface area (Å²) in [5, 5.41) is 7.94. The molecule has 0 spiro atoms. The second-order valence-corrected chi connectivity index (χ2v) is 8.75. The Morgan fingerprint density at radius 3 is 2.36 bits per heavy atom. The Morgan fingerprint density at radius 1 is 1.14 bits per heavy atom. The molecule has 3 N–H and O–H groups in total. The van der Waals surface area contributed by atoms with Crippen molar-refractivity contribution < 1.29 is 18.0 Å². The molecule has 0 bridgehead atoms. The minimum Gasteiger partial charge on any atom is -0.350 e. The van der Waals surface area contributed by atoms with Crippen molar-refractivity contribution >= 4 is 21.8 Å². The third-order valence-electron chi connectivity index (χ3n) is 4.80. The Morgan fingerprint density at radius 2 is 1.79 bits per heavy atom. The third-order valence-corrected chi connectivity index (χ3v) is 5.73. The lowest BCUT2D eigenvalue weighted by Gasteiger charge is -2.30. The van der Waals surface area contributed by atoms with E-state index in [0.717, 1.165) is 11.1 Å². The number of primary sulfonamides is 1. The number of hydrogen-bond acceptors (Lipinski definition) is 4. The van der Waals surface area contributed by atoms with Gasteiger partial charge in [0.05, 0.1) is 4.90 Å². The number of nitrogens with zero attached hydrogens (tertiary/aromatic N) is 1. The fourth-order valence-electron chi connectivity index (χ4n) is 3.40. The van der Waals surface area contributed by atoms with Crippen molar-refractivity contribution in [3.05, 3.63) is 65.2 Å². The van der Waals surface area contributed by atoms with Crippen molar-refractivity contribution in [3.8, 4) is 0 Å². The van der Waals surface area contributed by atoms with Crippen LogP contribution in [0, 0.1) is 5.92 Å². The first kappa shape index (κ1) is 20.0. The highest BCUT2D eigenvalue weighted by molar-refractivity contribution is 7.89. The number of sulfonamides is 1. The molecule has 0 saturated carbocycles. The van der Waals surface area contributed by atoms with Crippen LogP contribution in [0.3, 0.4) is 0 Å². The smallest absolute Gasteiger partial charge is 0.255 e. The monoisotopic (exact) mass is 401 g/mol. The molecule has 0 radical (unpaired) electrons. The van der Waals surface area contributed by atoms with E-state index in [1.54, 1.807) is 23.1 Å². The SMILES string of the molecule is CC(C)[C@@H](C(=O)NCc1ccc(S(N)(=O)=O)cc1)N1Cc2ccccc2C1=O. The van der Waals surface area contributed by atoms with Crippen LogP contribution in [0.1, 0.15) is 35.3 Å². The fraction of sp³-hybridized carbons (Fsp3) is 0.300. The Kier molecular flexibility index (Phi) is 5.53. The van der Waals surface area contributed by atoms with Crippen molar-refractivity contribution in [2.75, 3.05) is 0 Å². The van der Waals surface area contributed by atoms with E-state index < -0.39 is 16.1 Å². The van der Waals surface area contributed by atoms with Crippen LogP contribution in [0.5, 0.6) is 0 Å². The molecule has 0 aromatic heterocycles. The van der Waals surface area contributed by atoms with Crippen LogP contribution in [-0.2, 0) is 27.9 Å². The van der Waals surface area contributed by atoms with Gasteiger partial charge < -0.3 is 10.2 Å². The molecule has 7 nitrogen and oxygen atoms in total. The molecule has 2 aromatic rings. The van der Waals surface area contributed by atoms with Crippen molar-refractivity contribution in [2.24, 2.45) is 11.1 Å². The van der Waals surface area contributed by atoms with E-state index >= 15 is 0 Å². The number of carbonyl (C=O) groups is 2. The summed E-state index contributed by atoms with van der Waals surface area (Å²) in [6.45, 7) is 4.44. The molecule has 1 heterocycles. The summed E-state index contributed by atoms with van der Waals surface area (Å²) in [5.74, 6) is -0.448. The topological polar surface area (TPSA) is 110 Å². The zero-order valence-corrected chi connectivity index (χ0v) is 16.6. The zero-order chi connectivity index (χ0) is 20.5. The van der Waals surface area contributed by atoms with E-state index in [4.69, 9.17) is 5.14 Å². The number of rotatable bonds is 6. The fourth-order valence-corrected chi connectivity index (χ4v) is 3.91. The average molecular weight is 401 g/mol. The van der Waals surface area contributed by atoms with Gasteiger partial charge in [0.1, 0.15) is 6.04 Å². The highest BCUT2D eigenvalue weighted by atomic mass is 32.2. The van der Waals surface area contributed by atoms with Crippen LogP contribution < -0.4 is 10.5 Å². The molecule has 1 atom stereocenters. The summed E-state index contributed by atoms with van der Waals surface area (Å²) in [6, 6.07) is 12.8. The van der Waals surface area contributed by atoms with E-state index in [1.807, 2.05) is 32.0 Å². The molecule has 28 heavy (non-hydrogen) atoms. The van der Waals surface area contributed by atoms with Crippen LogP contribution in [-0.4, -0.2) is 31.2 Å². The number of carbonyl (C=O) groups excluding carboxylic acids is 2. The van der Waals surface area contributed by atoms with Crippen LogP contribution in [0.4, 0.5) is 0 Å². The minimum absolute atomic E-state index is 0.0167. The van der Waals surface area contributed by atoms with Gasteiger partial charge in [0.2, 0.25) is 15.9 Å². The molecule has 1 aliphatic heterocycles. The normalized spacial score (nSPS) is 14.9. The quantitative estimate of drug-likeness (QED) is 0.766. The van der Waals surface area contributed by atoms with Gasteiger partial charge in [-0.25, -0.2) is 13.6 Å². The van der Waals surface area contributed by atoms with Gasteiger partial charge in [-0.3, -0.25) is 9.59 Å². The summed E-state index contributed by atoms with van der Waals surface area (Å²) in [5.41, 5.74) is 2.29. The van der Waals surface area contributed by atoms with Gasteiger partial charge in [0.25, 0.3) is 5.91 Å². The van der Waals surface area contributed by atoms with Gasteiger partial charge in [0.15, 0.2) is 0 Å². The van der Waals surface area contributed by atoms with Crippen LogP contribution >= 0.6 is 0 Å². The van der Waals surface area contributed by atoms with Crippen molar-refractivity contribution in [1.82, 2.24) is 10.2 Å². The Labute approximate surface area is 164 Å². The maximum absolute atomic E-state index is 12.8. The standard InChI is InChI=1S/C20H23N3O4S/c1-13(2)18(23-12-15-5-3-4-6-17(15)20(23)25)19(24)22-11-14-7-9-16(10-8-14)28(21,26)27/h3-10,13,18H,11-12H2,1-2H3,(H,22,24)(H2,21,26,27)/t18-/m0/s1. The lowest BCUT2D eigenvalue weighted by atomic mass is 10.0. The second kappa shape index (κ2) is 7.73. The first-order valence-electron chi connectivity index (χ1n) is 8.97. The molecule has 0 aliphatic carbocycles. The summed E-state index contributed by atoms with van der Waals surface area (Å²) < 4.78 is 22.6. The van der Waals surface area contributed by atoms with Gasteiger partial charge in [-0.1, -0.05) is 44.2 Å². The average Bonchev–Trinajstić information content (AvgIpc) is 2.96. The predicted octanol–water partition coefficient (Wildman–Crippen LogP) is 1.63. The van der Waals surface area contributed by atoms with Crippen molar-refractivity contribution in [1.29, 1.82) is 0 Å². The summed E-state index contributed by atoms with van der Waals surface area (Å²) in [7, 11) is -3.75. The number of hydrogen-bond donors (Lipinski definition) is 2. The van der Waals surface area contributed by atoms with Crippen molar-refractivity contribution in [3.63, 3.8) is 0 Å². The van der Waals surface area contributed by atoms with Gasteiger partial charge >= 0.3 is 0 Å². The molecular formula is C20H23N3O4S. The largest absolute Gasteiger partial charge is 0.350 e. The van der Waals surface area contributed by atoms with Crippen LogP contribution in [0.25, 0.3) is 0 Å². The lowest BCUT2D eigenvalue weighted by Crippen LogP contribution is -2.49. The van der Waals surface area contributed by atoms with Gasteiger partial charge in [-0.2, -0.15) is 0 Å². The molecular weight excluding hydrogens is 378 g/mol. The third kappa shape index (κ3) is 4.07. The van der Waals surface area contributed by atoms with Gasteiger partial charge in [-0.05, 0) is 35.2 Å². The summed E-state index contributed by atoms with van der Waals surface area (Å²) >= 11 is 0. The molecule has 0 saturated heterocycles. The number of nitrogens with two attached hydrogens (primary N) is 1. The maximum atomic E-state index is 12.8. The first-order valence-corrected chi connectivity index (χ1v) is 10.5. The molecule has 0 unspecified atom stereocenters. The maximum Gasteiger partial charge on any atom is 0.255 e. The Balaban J connectivity index is 1.70. The number of amides is 2. The lowest BCUT2D eigenvalue weighted by molar-refractivity contribution is -0.127. The molecule has 148 valence electrons. The van der Waals surface area contributed by atoms with Crippen LogP contribution in [0.15, 0.2) is 53.4 Å². The Bertz CT molecular complexity index is 1000. The molecule has 8 heteroatoms. The summed E-state index contributed by atoms with van der Waals surface area (Å²) in [6.07, 6.45) is 0. The molecule has 2 aromatic carbocycles. The highest BCUT2D eigenvalue weighted by Crippen LogP contribution is 2.27. The van der Waals surface area contributed by atoms with E-state index in [1.165, 1.54) is 12.1 Å². The van der Waals surface area contributed by atoms with Crippen LogP contribution in [0.2, 0.25) is 0 Å². The van der Waals surface area contributed by atoms with E-state index in [2.05, 4.69) is 5.32 Å². The number of benzene rings is 2. The zero-order valence-electron chi connectivity index (χ0n) is 15.8. The van der Waals surface area contributed by atoms with Gasteiger partial charge in [0, 0.05) is 18.7 Å².